The molecule has 3 heterocycles. The van der Waals surface area contributed by atoms with Gasteiger partial charge in [-0.1, -0.05) is 12.1 Å². The van der Waals surface area contributed by atoms with E-state index in [4.69, 9.17) is 9.72 Å². The maximum atomic E-state index is 12.5. The van der Waals surface area contributed by atoms with Gasteiger partial charge in [0.1, 0.15) is 18.3 Å². The maximum Gasteiger partial charge on any atom is 0.254 e. The molecule has 0 fully saturated rings. The van der Waals surface area contributed by atoms with E-state index in [1.807, 2.05) is 24.3 Å². The molecule has 0 unspecified atom stereocenters. The molecule has 138 valence electrons. The molecular formula is C21H22N4O2. The van der Waals surface area contributed by atoms with E-state index in [0.717, 1.165) is 34.7 Å². The molecule has 0 atom stereocenters. The van der Waals surface area contributed by atoms with Gasteiger partial charge >= 0.3 is 0 Å². The summed E-state index contributed by atoms with van der Waals surface area (Å²) < 4.78 is 6.02. The molecule has 0 saturated heterocycles. The first kappa shape index (κ1) is 17.4. The molecule has 3 aromatic rings. The summed E-state index contributed by atoms with van der Waals surface area (Å²) in [5.41, 5.74) is 4.77. The van der Waals surface area contributed by atoms with Crippen molar-refractivity contribution in [3.63, 3.8) is 0 Å². The first-order valence-electron chi connectivity index (χ1n) is 9.05. The van der Waals surface area contributed by atoms with Gasteiger partial charge in [-0.2, -0.15) is 0 Å². The first-order valence-corrected chi connectivity index (χ1v) is 9.05. The second-order valence-electron chi connectivity index (χ2n) is 6.85. The van der Waals surface area contributed by atoms with Crippen LogP contribution in [0.4, 0.5) is 0 Å². The van der Waals surface area contributed by atoms with E-state index < -0.39 is 0 Å². The van der Waals surface area contributed by atoms with E-state index in [1.54, 1.807) is 12.4 Å². The number of ether oxygens (including phenoxy) is 1. The van der Waals surface area contributed by atoms with Crippen LogP contribution in [0.2, 0.25) is 0 Å². The van der Waals surface area contributed by atoms with Crippen molar-refractivity contribution >= 4 is 0 Å². The summed E-state index contributed by atoms with van der Waals surface area (Å²) in [6.07, 6.45) is 4.06. The number of nitrogens with one attached hydrogen (secondary N) is 1. The van der Waals surface area contributed by atoms with Crippen LogP contribution in [-0.4, -0.2) is 33.1 Å². The molecular weight excluding hydrogens is 340 g/mol. The molecule has 0 aliphatic carbocycles. The molecule has 0 spiro atoms. The van der Waals surface area contributed by atoms with E-state index in [9.17, 15) is 4.79 Å². The van der Waals surface area contributed by atoms with Crippen LogP contribution >= 0.6 is 0 Å². The smallest absolute Gasteiger partial charge is 0.254 e. The summed E-state index contributed by atoms with van der Waals surface area (Å²) in [4.78, 5) is 26.2. The summed E-state index contributed by atoms with van der Waals surface area (Å²) in [7, 11) is 0. The van der Waals surface area contributed by atoms with Crippen molar-refractivity contribution in [2.24, 2.45) is 0 Å². The Balaban J connectivity index is 1.53. The van der Waals surface area contributed by atoms with Gasteiger partial charge in [0.15, 0.2) is 0 Å². The van der Waals surface area contributed by atoms with Gasteiger partial charge in [-0.05, 0) is 49.6 Å². The molecule has 1 aromatic carbocycles. The van der Waals surface area contributed by atoms with Crippen molar-refractivity contribution in [2.75, 3.05) is 13.3 Å². The Morgan fingerprint density at radius 1 is 1.19 bits per heavy atom. The van der Waals surface area contributed by atoms with Gasteiger partial charge in [0, 0.05) is 36.6 Å². The summed E-state index contributed by atoms with van der Waals surface area (Å²) in [5, 5.41) is 0. The predicted molar refractivity (Wildman–Crippen MR) is 104 cm³/mol. The molecule has 6 nitrogen and oxygen atoms in total. The summed E-state index contributed by atoms with van der Waals surface area (Å²) >= 11 is 0. The Morgan fingerprint density at radius 2 is 2.00 bits per heavy atom. The minimum Gasteiger partial charge on any atom is -0.478 e. The van der Waals surface area contributed by atoms with E-state index in [-0.39, 0.29) is 5.56 Å². The number of pyridine rings is 1. The lowest BCUT2D eigenvalue weighted by molar-refractivity contribution is 0.111. The monoisotopic (exact) mass is 362 g/mol. The van der Waals surface area contributed by atoms with E-state index >= 15 is 0 Å². The fraction of sp³-hybridized carbons (Fsp3) is 0.286. The van der Waals surface area contributed by atoms with Crippen molar-refractivity contribution in [1.29, 1.82) is 0 Å². The molecule has 1 aliphatic heterocycles. The number of aromatic nitrogens is 3. The van der Waals surface area contributed by atoms with Crippen molar-refractivity contribution in [2.45, 2.75) is 26.8 Å². The minimum absolute atomic E-state index is 0.0538. The Hall–Kier alpha value is -2.99. The molecule has 1 N–H and O–H groups in total. The highest BCUT2D eigenvalue weighted by molar-refractivity contribution is 5.54. The topological polar surface area (TPSA) is 71.1 Å². The molecule has 6 heteroatoms. The highest BCUT2D eigenvalue weighted by atomic mass is 16.5. The number of hydrogen-bond acceptors (Lipinski definition) is 5. The zero-order valence-electron chi connectivity index (χ0n) is 15.5. The Bertz CT molecular complexity index is 1010. The first-order chi connectivity index (χ1) is 13.1. The van der Waals surface area contributed by atoms with Crippen LogP contribution in [0.15, 0.2) is 47.5 Å². The van der Waals surface area contributed by atoms with Gasteiger partial charge in [0.2, 0.25) is 0 Å². The van der Waals surface area contributed by atoms with Crippen LogP contribution in [0.25, 0.3) is 11.4 Å². The highest BCUT2D eigenvalue weighted by Crippen LogP contribution is 2.22. The second kappa shape index (κ2) is 7.32. The standard InChI is InChI=1S/C21H22N4O2/c1-14-4-3-5-19(15(14)2)27-13-25-11-8-17-18(12-25)23-20(24-21(17)26)16-6-9-22-10-7-16/h3-7,9-10H,8,11-13H2,1-2H3,(H,23,24,26). The van der Waals surface area contributed by atoms with Crippen LogP contribution in [0.1, 0.15) is 22.4 Å². The molecule has 0 saturated carbocycles. The van der Waals surface area contributed by atoms with Gasteiger partial charge in [-0.25, -0.2) is 4.98 Å². The van der Waals surface area contributed by atoms with Gasteiger partial charge in [-0.3, -0.25) is 14.7 Å². The average Bonchev–Trinajstić information content (AvgIpc) is 2.69. The van der Waals surface area contributed by atoms with Gasteiger partial charge < -0.3 is 9.72 Å². The lowest BCUT2D eigenvalue weighted by Gasteiger charge is -2.27. The molecule has 4 rings (SSSR count). The Labute approximate surface area is 157 Å². The molecule has 0 radical (unpaired) electrons. The molecule has 1 aliphatic rings. The number of H-pyrrole nitrogens is 1. The predicted octanol–water partition coefficient (Wildman–Crippen LogP) is 2.84. The third-order valence-corrected chi connectivity index (χ3v) is 5.06. The van der Waals surface area contributed by atoms with E-state index in [0.29, 0.717) is 25.5 Å². The summed E-state index contributed by atoms with van der Waals surface area (Å²) in [6, 6.07) is 9.76. The summed E-state index contributed by atoms with van der Waals surface area (Å²) in [5.74, 6) is 1.48. The lowest BCUT2D eigenvalue weighted by Crippen LogP contribution is -2.37. The van der Waals surface area contributed by atoms with Gasteiger partial charge in [0.05, 0.1) is 5.69 Å². The molecule has 2 aromatic heterocycles. The van der Waals surface area contributed by atoms with E-state index in [2.05, 4.69) is 34.8 Å². The third-order valence-electron chi connectivity index (χ3n) is 5.06. The maximum absolute atomic E-state index is 12.5. The van der Waals surface area contributed by atoms with Crippen molar-refractivity contribution < 1.29 is 4.74 Å². The minimum atomic E-state index is -0.0538. The lowest BCUT2D eigenvalue weighted by atomic mass is 10.1. The van der Waals surface area contributed by atoms with Crippen LogP contribution in [0.5, 0.6) is 5.75 Å². The van der Waals surface area contributed by atoms with Crippen molar-refractivity contribution in [1.82, 2.24) is 19.9 Å². The van der Waals surface area contributed by atoms with Gasteiger partial charge in [0.25, 0.3) is 5.56 Å². The zero-order chi connectivity index (χ0) is 18.8. The highest BCUT2D eigenvalue weighted by Gasteiger charge is 2.21. The van der Waals surface area contributed by atoms with Crippen molar-refractivity contribution in [3.05, 3.63) is 75.5 Å². The zero-order valence-corrected chi connectivity index (χ0v) is 15.5. The average molecular weight is 362 g/mol. The number of hydrogen-bond donors (Lipinski definition) is 1. The number of fused-ring (bicyclic) bond motifs is 1. The van der Waals surface area contributed by atoms with Crippen molar-refractivity contribution in [3.8, 4) is 17.1 Å². The second-order valence-corrected chi connectivity index (χ2v) is 6.85. The third kappa shape index (κ3) is 3.61. The number of nitrogens with zero attached hydrogens (tertiary/aromatic N) is 3. The number of rotatable bonds is 4. The van der Waals surface area contributed by atoms with Crippen LogP contribution in [-0.2, 0) is 13.0 Å². The molecule has 27 heavy (non-hydrogen) atoms. The van der Waals surface area contributed by atoms with Crippen LogP contribution in [0, 0.1) is 13.8 Å². The number of aryl methyl sites for hydroxylation is 1. The SMILES string of the molecule is Cc1cccc(OCN2CCc3c(nc(-c4ccncc4)[nH]c3=O)C2)c1C. The Kier molecular flexibility index (Phi) is 4.73. The largest absolute Gasteiger partial charge is 0.478 e. The molecule has 0 amide bonds. The number of aromatic amines is 1. The van der Waals surface area contributed by atoms with Gasteiger partial charge in [-0.15, -0.1) is 0 Å². The fourth-order valence-electron chi connectivity index (χ4n) is 3.29. The summed E-state index contributed by atoms with van der Waals surface area (Å²) in [6.45, 7) is 6.00. The quantitative estimate of drug-likeness (QED) is 0.773. The van der Waals surface area contributed by atoms with Crippen LogP contribution < -0.4 is 10.3 Å². The van der Waals surface area contributed by atoms with E-state index in [1.165, 1.54) is 5.56 Å². The normalized spacial score (nSPS) is 14.0. The Morgan fingerprint density at radius 3 is 2.81 bits per heavy atom. The fourth-order valence-corrected chi connectivity index (χ4v) is 3.29. The van der Waals surface area contributed by atoms with Crippen LogP contribution in [0.3, 0.4) is 0 Å². The number of benzene rings is 1. The molecule has 0 bridgehead atoms.